The summed E-state index contributed by atoms with van der Waals surface area (Å²) in [6, 6.07) is 0. The molecule has 1 aliphatic rings. The molecule has 0 aromatic carbocycles. The minimum atomic E-state index is -0.370. The van der Waals surface area contributed by atoms with Crippen LogP contribution in [0, 0.1) is 0 Å². The van der Waals surface area contributed by atoms with Crippen molar-refractivity contribution in [3.05, 3.63) is 0 Å². The van der Waals surface area contributed by atoms with Crippen molar-refractivity contribution in [1.82, 2.24) is 10.2 Å². The van der Waals surface area contributed by atoms with E-state index in [0.717, 1.165) is 32.5 Å². The molecule has 1 heterocycles. The van der Waals surface area contributed by atoms with Crippen LogP contribution >= 0.6 is 0 Å². The summed E-state index contributed by atoms with van der Waals surface area (Å²) < 4.78 is 4.96. The van der Waals surface area contributed by atoms with E-state index in [1.165, 1.54) is 0 Å². The van der Waals surface area contributed by atoms with E-state index < -0.39 is 0 Å². The summed E-state index contributed by atoms with van der Waals surface area (Å²) in [5, 5.41) is 4.17. The molecule has 1 atom stereocenters. The van der Waals surface area contributed by atoms with Crippen LogP contribution in [0.15, 0.2) is 0 Å². The summed E-state index contributed by atoms with van der Waals surface area (Å²) in [6.07, 6.45) is 0.455. The summed E-state index contributed by atoms with van der Waals surface area (Å²) >= 11 is 0. The molecule has 4 nitrogen and oxygen atoms in total. The first-order chi connectivity index (χ1) is 5.38. The van der Waals surface area contributed by atoms with Gasteiger partial charge in [0.15, 0.2) is 12.5 Å². The second-order valence-electron chi connectivity index (χ2n) is 2.47. The lowest BCUT2D eigenvalue weighted by atomic mass is 10.3. The SMILES string of the molecule is COC(C=O)N1CC[N]CC1. The molecule has 1 unspecified atom stereocenters. The Bertz CT molecular complexity index is 124. The van der Waals surface area contributed by atoms with Gasteiger partial charge in [0.1, 0.15) is 0 Å². The van der Waals surface area contributed by atoms with Crippen LogP contribution in [0.5, 0.6) is 0 Å². The number of methoxy groups -OCH3 is 1. The molecule has 11 heavy (non-hydrogen) atoms. The van der Waals surface area contributed by atoms with E-state index in [1.54, 1.807) is 7.11 Å². The molecule has 0 saturated carbocycles. The molecule has 0 bridgehead atoms. The molecule has 0 aliphatic carbocycles. The van der Waals surface area contributed by atoms with Crippen LogP contribution in [0.3, 0.4) is 0 Å². The molecule has 4 heteroatoms. The summed E-state index contributed by atoms with van der Waals surface area (Å²) in [5.74, 6) is 0. The van der Waals surface area contributed by atoms with Crippen LogP contribution < -0.4 is 5.32 Å². The maximum Gasteiger partial charge on any atom is 0.166 e. The number of hydrogen-bond acceptors (Lipinski definition) is 3. The van der Waals surface area contributed by atoms with E-state index in [4.69, 9.17) is 4.74 Å². The van der Waals surface area contributed by atoms with Gasteiger partial charge in [-0.3, -0.25) is 9.69 Å². The number of rotatable bonds is 3. The smallest absolute Gasteiger partial charge is 0.166 e. The zero-order valence-corrected chi connectivity index (χ0v) is 6.69. The second kappa shape index (κ2) is 4.43. The van der Waals surface area contributed by atoms with E-state index in [1.807, 2.05) is 4.90 Å². The van der Waals surface area contributed by atoms with Gasteiger partial charge in [0.05, 0.1) is 0 Å². The van der Waals surface area contributed by atoms with E-state index in [2.05, 4.69) is 5.32 Å². The molecule has 1 rings (SSSR count). The van der Waals surface area contributed by atoms with Crippen molar-refractivity contribution in [2.24, 2.45) is 0 Å². The normalized spacial score (nSPS) is 23.0. The van der Waals surface area contributed by atoms with Crippen molar-refractivity contribution in [3.8, 4) is 0 Å². The minimum absolute atomic E-state index is 0.370. The number of aldehydes is 1. The van der Waals surface area contributed by atoms with Crippen molar-refractivity contribution in [2.75, 3.05) is 33.3 Å². The molecule has 0 aromatic heterocycles. The van der Waals surface area contributed by atoms with Gasteiger partial charge in [-0.1, -0.05) is 0 Å². The molecule has 0 amide bonds. The highest BCUT2D eigenvalue weighted by Crippen LogP contribution is 1.99. The summed E-state index contributed by atoms with van der Waals surface area (Å²) in [4.78, 5) is 12.4. The van der Waals surface area contributed by atoms with Gasteiger partial charge in [-0.15, -0.1) is 0 Å². The fourth-order valence-corrected chi connectivity index (χ4v) is 1.17. The molecule has 0 aromatic rings. The quantitative estimate of drug-likeness (QED) is 0.497. The number of piperazine rings is 1. The van der Waals surface area contributed by atoms with Crippen molar-refractivity contribution in [1.29, 1.82) is 0 Å². The zero-order valence-electron chi connectivity index (χ0n) is 6.69. The highest BCUT2D eigenvalue weighted by Gasteiger charge is 2.18. The number of nitrogens with zero attached hydrogens (tertiary/aromatic N) is 2. The Kier molecular flexibility index (Phi) is 3.48. The van der Waals surface area contributed by atoms with E-state index in [0.29, 0.717) is 0 Å². The van der Waals surface area contributed by atoms with Crippen molar-refractivity contribution in [2.45, 2.75) is 6.23 Å². The summed E-state index contributed by atoms with van der Waals surface area (Å²) in [5.41, 5.74) is 0. The van der Waals surface area contributed by atoms with Gasteiger partial charge >= 0.3 is 0 Å². The fraction of sp³-hybridized carbons (Fsp3) is 0.857. The highest BCUT2D eigenvalue weighted by molar-refractivity contribution is 5.55. The predicted molar refractivity (Wildman–Crippen MR) is 40.3 cm³/mol. The molecular weight excluding hydrogens is 144 g/mol. The minimum Gasteiger partial charge on any atom is -0.359 e. The molecular formula is C7H13N2O2. The number of ether oxygens (including phenoxy) is 1. The van der Waals surface area contributed by atoms with E-state index in [-0.39, 0.29) is 6.23 Å². The van der Waals surface area contributed by atoms with Gasteiger partial charge in [-0.2, -0.15) is 0 Å². The maximum atomic E-state index is 10.4. The average Bonchev–Trinajstić information content (AvgIpc) is 2.09. The molecule has 1 saturated heterocycles. The third-order valence-electron chi connectivity index (χ3n) is 1.81. The first-order valence-electron chi connectivity index (χ1n) is 3.74. The Balaban J connectivity index is 2.35. The van der Waals surface area contributed by atoms with E-state index in [9.17, 15) is 4.79 Å². The first-order valence-corrected chi connectivity index (χ1v) is 3.74. The first kappa shape index (κ1) is 8.64. The van der Waals surface area contributed by atoms with Crippen LogP contribution in [-0.4, -0.2) is 50.7 Å². The van der Waals surface area contributed by atoms with E-state index >= 15 is 0 Å². The molecule has 63 valence electrons. The Morgan fingerprint density at radius 2 is 2.18 bits per heavy atom. The van der Waals surface area contributed by atoms with Crippen LogP contribution in [0.25, 0.3) is 0 Å². The third-order valence-corrected chi connectivity index (χ3v) is 1.81. The zero-order chi connectivity index (χ0) is 8.10. The number of carbonyl (C=O) groups is 1. The molecule has 1 fully saturated rings. The largest absolute Gasteiger partial charge is 0.359 e. The Morgan fingerprint density at radius 1 is 1.55 bits per heavy atom. The Labute approximate surface area is 66.5 Å². The lowest BCUT2D eigenvalue weighted by molar-refractivity contribution is -0.128. The molecule has 1 radical (unpaired) electrons. The molecule has 0 N–H and O–H groups in total. The topological polar surface area (TPSA) is 43.6 Å². The number of hydrogen-bond donors (Lipinski definition) is 0. The van der Waals surface area contributed by atoms with Crippen LogP contribution in [0.4, 0.5) is 0 Å². The van der Waals surface area contributed by atoms with Crippen LogP contribution in [0.2, 0.25) is 0 Å². The van der Waals surface area contributed by atoms with Gasteiger partial charge in [-0.05, 0) is 0 Å². The third kappa shape index (κ3) is 2.25. The molecule has 0 spiro atoms. The monoisotopic (exact) mass is 157 g/mol. The average molecular weight is 157 g/mol. The van der Waals surface area contributed by atoms with Gasteiger partial charge in [0, 0.05) is 33.3 Å². The molecule has 1 aliphatic heterocycles. The Hall–Kier alpha value is -0.450. The fourth-order valence-electron chi connectivity index (χ4n) is 1.17. The standard InChI is InChI=1S/C7H13N2O2/c1-11-7(6-10)9-4-2-8-3-5-9/h6-7H,2-5H2,1H3. The Morgan fingerprint density at radius 3 is 2.64 bits per heavy atom. The lowest BCUT2D eigenvalue weighted by Crippen LogP contribution is -2.47. The van der Waals surface area contributed by atoms with Crippen molar-refractivity contribution >= 4 is 6.29 Å². The summed E-state index contributed by atoms with van der Waals surface area (Å²) in [6.45, 7) is 3.29. The van der Waals surface area contributed by atoms with Gasteiger partial charge in [-0.25, -0.2) is 5.32 Å². The number of carbonyl (C=O) groups excluding carboxylic acids is 1. The second-order valence-corrected chi connectivity index (χ2v) is 2.47. The van der Waals surface area contributed by atoms with Gasteiger partial charge in [0.2, 0.25) is 0 Å². The maximum absolute atomic E-state index is 10.4. The lowest BCUT2D eigenvalue weighted by Gasteiger charge is -2.29. The summed E-state index contributed by atoms with van der Waals surface area (Å²) in [7, 11) is 1.55. The van der Waals surface area contributed by atoms with Crippen molar-refractivity contribution < 1.29 is 9.53 Å². The van der Waals surface area contributed by atoms with Crippen LogP contribution in [0.1, 0.15) is 0 Å². The highest BCUT2D eigenvalue weighted by atomic mass is 16.5. The van der Waals surface area contributed by atoms with Crippen LogP contribution in [-0.2, 0) is 9.53 Å². The van der Waals surface area contributed by atoms with Gasteiger partial charge < -0.3 is 4.74 Å². The van der Waals surface area contributed by atoms with Crippen molar-refractivity contribution in [3.63, 3.8) is 0 Å². The van der Waals surface area contributed by atoms with Gasteiger partial charge in [0.25, 0.3) is 0 Å². The predicted octanol–water partition coefficient (Wildman–Crippen LogP) is -0.922.